The van der Waals surface area contributed by atoms with Crippen LogP contribution in [0.2, 0.25) is 0 Å². The summed E-state index contributed by atoms with van der Waals surface area (Å²) in [6, 6.07) is 0. The Balaban J connectivity index is 1.45. The van der Waals surface area contributed by atoms with Crippen molar-refractivity contribution in [1.29, 1.82) is 0 Å². The van der Waals surface area contributed by atoms with Gasteiger partial charge < -0.3 is 9.30 Å². The number of ether oxygens (including phenoxy) is 1. The van der Waals surface area contributed by atoms with Gasteiger partial charge in [-0.15, -0.1) is 0 Å². The Labute approximate surface area is 140 Å². The summed E-state index contributed by atoms with van der Waals surface area (Å²) in [5, 5.41) is 8.45. The van der Waals surface area contributed by atoms with Gasteiger partial charge in [0.15, 0.2) is 11.0 Å². The number of aromatic nitrogens is 5. The normalized spacial score (nSPS) is 21.2. The quantitative estimate of drug-likeness (QED) is 0.823. The van der Waals surface area contributed by atoms with Gasteiger partial charge in [-0.25, -0.2) is 9.97 Å². The lowest BCUT2D eigenvalue weighted by Crippen LogP contribution is -2.16. The number of aryl methyl sites for hydroxylation is 1. The van der Waals surface area contributed by atoms with E-state index in [1.807, 2.05) is 0 Å². The molecule has 1 saturated heterocycles. The second-order valence-corrected chi connectivity index (χ2v) is 7.46. The zero-order valence-corrected chi connectivity index (χ0v) is 14.5. The van der Waals surface area contributed by atoms with Crippen molar-refractivity contribution in [3.63, 3.8) is 0 Å². The van der Waals surface area contributed by atoms with Crippen molar-refractivity contribution < 1.29 is 4.74 Å². The van der Waals surface area contributed by atoms with Crippen LogP contribution in [0.3, 0.4) is 0 Å². The lowest BCUT2D eigenvalue weighted by molar-refractivity contribution is 0.0945. The molecule has 4 rings (SSSR count). The van der Waals surface area contributed by atoms with E-state index < -0.39 is 0 Å². The van der Waals surface area contributed by atoms with Crippen LogP contribution in [-0.4, -0.2) is 37.4 Å². The van der Waals surface area contributed by atoms with Crippen molar-refractivity contribution in [3.05, 3.63) is 23.0 Å². The molecule has 124 valence electrons. The minimum Gasteiger partial charge on any atom is -0.376 e. The first-order valence-corrected chi connectivity index (χ1v) is 9.38. The van der Waals surface area contributed by atoms with Crippen LogP contribution < -0.4 is 0 Å². The first kappa shape index (κ1) is 15.2. The molecule has 2 fully saturated rings. The Morgan fingerprint density at radius 3 is 2.87 bits per heavy atom. The average molecular weight is 333 g/mol. The van der Waals surface area contributed by atoms with Gasteiger partial charge in [0.1, 0.15) is 5.82 Å². The van der Waals surface area contributed by atoms with E-state index in [-0.39, 0.29) is 0 Å². The average Bonchev–Trinajstić information content (AvgIpc) is 2.96. The van der Waals surface area contributed by atoms with Gasteiger partial charge in [-0.3, -0.25) is 5.10 Å². The molecule has 23 heavy (non-hydrogen) atoms. The molecule has 1 aliphatic carbocycles. The van der Waals surface area contributed by atoms with Crippen molar-refractivity contribution in [2.24, 2.45) is 0 Å². The predicted molar refractivity (Wildman–Crippen MR) is 88.6 cm³/mol. The minimum atomic E-state index is 0.327. The largest absolute Gasteiger partial charge is 0.376 e. The van der Waals surface area contributed by atoms with E-state index in [9.17, 15) is 0 Å². The summed E-state index contributed by atoms with van der Waals surface area (Å²) in [7, 11) is 0. The molecule has 7 heteroatoms. The maximum Gasteiger partial charge on any atom is 0.168 e. The standard InChI is InChI=1S/C16H23N5OS/c1-10-11(2)21(8-13-4-3-7-22-13)16(17-10)23-9-14-18-15(20-19-14)12-5-6-12/h12-13H,3-9H2,1-2H3,(H,18,19,20). The molecule has 1 aliphatic heterocycles. The smallest absolute Gasteiger partial charge is 0.168 e. The molecule has 3 heterocycles. The molecule has 0 bridgehead atoms. The van der Waals surface area contributed by atoms with Crippen LogP contribution in [0, 0.1) is 13.8 Å². The molecule has 1 N–H and O–H groups in total. The molecule has 1 saturated carbocycles. The fourth-order valence-corrected chi connectivity index (χ4v) is 3.94. The van der Waals surface area contributed by atoms with Gasteiger partial charge in [0.2, 0.25) is 0 Å². The summed E-state index contributed by atoms with van der Waals surface area (Å²) >= 11 is 1.73. The van der Waals surface area contributed by atoms with Gasteiger partial charge in [-0.1, -0.05) is 11.8 Å². The molecule has 2 aromatic rings. The van der Waals surface area contributed by atoms with E-state index in [2.05, 4.69) is 33.6 Å². The molecule has 6 nitrogen and oxygen atoms in total. The number of aromatic amines is 1. The monoisotopic (exact) mass is 333 g/mol. The van der Waals surface area contributed by atoms with Crippen molar-refractivity contribution in [2.45, 2.75) is 69.0 Å². The van der Waals surface area contributed by atoms with E-state index in [0.29, 0.717) is 12.0 Å². The Kier molecular flexibility index (Phi) is 4.15. The molecular weight excluding hydrogens is 310 g/mol. The lowest BCUT2D eigenvalue weighted by atomic mass is 10.2. The van der Waals surface area contributed by atoms with Gasteiger partial charge >= 0.3 is 0 Å². The summed E-state index contributed by atoms with van der Waals surface area (Å²) in [6.07, 6.45) is 5.10. The van der Waals surface area contributed by atoms with Gasteiger partial charge in [-0.05, 0) is 39.5 Å². The van der Waals surface area contributed by atoms with Gasteiger partial charge in [0, 0.05) is 18.2 Å². The van der Waals surface area contributed by atoms with Crippen molar-refractivity contribution in [1.82, 2.24) is 24.7 Å². The summed E-state index contributed by atoms with van der Waals surface area (Å²) in [5.74, 6) is 3.30. The number of hydrogen-bond donors (Lipinski definition) is 1. The van der Waals surface area contributed by atoms with Crippen LogP contribution in [-0.2, 0) is 17.0 Å². The highest BCUT2D eigenvalue weighted by atomic mass is 32.2. The number of H-pyrrole nitrogens is 1. The van der Waals surface area contributed by atoms with Crippen molar-refractivity contribution in [3.8, 4) is 0 Å². The highest BCUT2D eigenvalue weighted by molar-refractivity contribution is 7.98. The van der Waals surface area contributed by atoms with E-state index in [1.165, 1.54) is 25.0 Å². The molecule has 1 atom stereocenters. The number of hydrogen-bond acceptors (Lipinski definition) is 5. The fraction of sp³-hybridized carbons (Fsp3) is 0.688. The van der Waals surface area contributed by atoms with Crippen LogP contribution in [0.15, 0.2) is 5.16 Å². The van der Waals surface area contributed by atoms with Gasteiger partial charge in [0.05, 0.1) is 24.1 Å². The maximum atomic E-state index is 5.79. The summed E-state index contributed by atoms with van der Waals surface area (Å²) < 4.78 is 8.09. The van der Waals surface area contributed by atoms with E-state index in [4.69, 9.17) is 9.72 Å². The minimum absolute atomic E-state index is 0.327. The Hall–Kier alpha value is -1.34. The number of thioether (sulfide) groups is 1. The second-order valence-electron chi connectivity index (χ2n) is 6.51. The Bertz CT molecular complexity index is 685. The molecule has 0 spiro atoms. The van der Waals surface area contributed by atoms with Crippen molar-refractivity contribution in [2.75, 3.05) is 6.61 Å². The highest BCUT2D eigenvalue weighted by Crippen LogP contribution is 2.38. The first-order chi connectivity index (χ1) is 11.2. The number of nitrogens with zero attached hydrogens (tertiary/aromatic N) is 4. The number of rotatable bonds is 6. The maximum absolute atomic E-state index is 5.79. The summed E-state index contributed by atoms with van der Waals surface area (Å²) in [5.41, 5.74) is 2.33. The fourth-order valence-electron chi connectivity index (χ4n) is 2.97. The zero-order chi connectivity index (χ0) is 15.8. The van der Waals surface area contributed by atoms with Gasteiger partial charge in [0.25, 0.3) is 0 Å². The van der Waals surface area contributed by atoms with E-state index in [0.717, 1.165) is 47.8 Å². The number of imidazole rings is 1. The first-order valence-electron chi connectivity index (χ1n) is 8.40. The third kappa shape index (κ3) is 3.30. The SMILES string of the molecule is Cc1nc(SCc2nc(C3CC3)n[nH]2)n(CC2CCCO2)c1C. The van der Waals surface area contributed by atoms with Crippen LogP contribution in [0.5, 0.6) is 0 Å². The third-order valence-corrected chi connectivity index (χ3v) is 5.65. The molecule has 0 amide bonds. The molecule has 2 aromatic heterocycles. The van der Waals surface area contributed by atoms with Crippen LogP contribution in [0.1, 0.15) is 54.6 Å². The molecule has 0 radical (unpaired) electrons. The van der Waals surface area contributed by atoms with Crippen LogP contribution >= 0.6 is 11.8 Å². The van der Waals surface area contributed by atoms with Crippen molar-refractivity contribution >= 4 is 11.8 Å². The van der Waals surface area contributed by atoms with E-state index >= 15 is 0 Å². The summed E-state index contributed by atoms with van der Waals surface area (Å²) in [6.45, 7) is 6.01. The van der Waals surface area contributed by atoms with E-state index in [1.54, 1.807) is 11.8 Å². The topological polar surface area (TPSA) is 68.6 Å². The highest BCUT2D eigenvalue weighted by Gasteiger charge is 2.27. The van der Waals surface area contributed by atoms with Crippen LogP contribution in [0.25, 0.3) is 0 Å². The number of nitrogens with one attached hydrogen (secondary N) is 1. The Morgan fingerprint density at radius 1 is 1.26 bits per heavy atom. The predicted octanol–water partition coefficient (Wildman–Crippen LogP) is 2.97. The van der Waals surface area contributed by atoms with Gasteiger partial charge in [-0.2, -0.15) is 5.10 Å². The molecule has 1 unspecified atom stereocenters. The van der Waals surface area contributed by atoms with Crippen LogP contribution in [0.4, 0.5) is 0 Å². The Morgan fingerprint density at radius 2 is 2.13 bits per heavy atom. The zero-order valence-electron chi connectivity index (χ0n) is 13.7. The molecule has 2 aliphatic rings. The third-order valence-electron chi connectivity index (χ3n) is 4.66. The molecular formula is C16H23N5OS. The second kappa shape index (κ2) is 6.28. The lowest BCUT2D eigenvalue weighted by Gasteiger charge is -2.14. The summed E-state index contributed by atoms with van der Waals surface area (Å²) in [4.78, 5) is 9.33. The molecule has 0 aromatic carbocycles.